The lowest BCUT2D eigenvalue weighted by Crippen LogP contribution is -2.44. The van der Waals surface area contributed by atoms with Gasteiger partial charge in [-0.3, -0.25) is 0 Å². The summed E-state index contributed by atoms with van der Waals surface area (Å²) < 4.78 is 6.39. The minimum Gasteiger partial charge on any atom is -0.455 e. The summed E-state index contributed by atoms with van der Waals surface area (Å²) in [6, 6.07) is 62.7. The highest BCUT2D eigenvalue weighted by atomic mass is 16.3. The molecule has 0 aliphatic heterocycles. The molecule has 3 aliphatic rings. The largest absolute Gasteiger partial charge is 0.455 e. The van der Waals surface area contributed by atoms with E-state index in [1.807, 2.05) is 12.1 Å². The van der Waals surface area contributed by atoms with Crippen molar-refractivity contribution in [3.05, 3.63) is 215 Å². The van der Waals surface area contributed by atoms with Gasteiger partial charge in [0.15, 0.2) is 0 Å². The Bertz CT molecular complexity index is 2700. The maximum absolute atomic E-state index is 6.39. The molecular weight excluding hydrogens is 621 g/mol. The van der Waals surface area contributed by atoms with Crippen molar-refractivity contribution in [3.8, 4) is 33.6 Å². The van der Waals surface area contributed by atoms with Crippen LogP contribution in [0.1, 0.15) is 45.1 Å². The maximum Gasteiger partial charge on any atom is 0.149 e. The van der Waals surface area contributed by atoms with Gasteiger partial charge in [0.2, 0.25) is 0 Å². The normalized spacial score (nSPS) is 16.9. The van der Waals surface area contributed by atoms with Crippen molar-refractivity contribution in [3.63, 3.8) is 0 Å². The lowest BCUT2D eigenvalue weighted by atomic mass is 9.52. The number of hydrogen-bond donors (Lipinski definition) is 0. The Morgan fingerprint density at radius 3 is 1.59 bits per heavy atom. The zero-order valence-electron chi connectivity index (χ0n) is 27.6. The maximum atomic E-state index is 6.39. The summed E-state index contributed by atoms with van der Waals surface area (Å²) in [5.74, 6) is 0.969. The highest BCUT2D eigenvalue weighted by molar-refractivity contribution is 6.09. The number of rotatable bonds is 4. The van der Waals surface area contributed by atoms with Crippen molar-refractivity contribution in [1.29, 1.82) is 0 Å². The van der Waals surface area contributed by atoms with E-state index in [0.717, 1.165) is 61.4 Å². The molecule has 2 bridgehead atoms. The molecule has 0 unspecified atom stereocenters. The molecule has 3 aliphatic carbocycles. The van der Waals surface area contributed by atoms with Gasteiger partial charge in [-0.25, -0.2) is 9.97 Å². The van der Waals surface area contributed by atoms with Crippen LogP contribution in [0.15, 0.2) is 180 Å². The van der Waals surface area contributed by atoms with Crippen LogP contribution in [-0.4, -0.2) is 9.97 Å². The summed E-state index contributed by atoms with van der Waals surface area (Å²) in [6.07, 6.45) is 0. The summed E-state index contributed by atoms with van der Waals surface area (Å²) in [4.78, 5) is 11.1. The van der Waals surface area contributed by atoms with Crippen LogP contribution in [0, 0.1) is 0 Å². The van der Waals surface area contributed by atoms with Crippen molar-refractivity contribution in [2.75, 3.05) is 0 Å². The molecule has 9 aromatic rings. The Morgan fingerprint density at radius 2 is 0.941 bits per heavy atom. The number of benzene rings is 7. The third-order valence-corrected chi connectivity index (χ3v) is 11.1. The van der Waals surface area contributed by atoms with Gasteiger partial charge in [0, 0.05) is 33.4 Å². The molecule has 2 heterocycles. The average Bonchev–Trinajstić information content (AvgIpc) is 3.60. The van der Waals surface area contributed by atoms with Gasteiger partial charge in [-0.15, -0.1) is 0 Å². The number of furan rings is 1. The lowest BCUT2D eigenvalue weighted by molar-refractivity contribution is 0.594. The molecule has 0 amide bonds. The van der Waals surface area contributed by atoms with E-state index in [-0.39, 0.29) is 5.92 Å². The van der Waals surface area contributed by atoms with Crippen LogP contribution in [0.25, 0.3) is 55.6 Å². The Labute approximate surface area is 295 Å². The molecule has 12 rings (SSSR count). The van der Waals surface area contributed by atoms with E-state index in [1.54, 1.807) is 0 Å². The molecule has 0 saturated carbocycles. The fraction of sp³-hybridized carbons (Fsp3) is 0.0417. The van der Waals surface area contributed by atoms with Crippen LogP contribution >= 0.6 is 0 Å². The highest BCUT2D eigenvalue weighted by Crippen LogP contribution is 2.61. The monoisotopic (exact) mass is 650 g/mol. The second kappa shape index (κ2) is 10.7. The van der Waals surface area contributed by atoms with E-state index in [4.69, 9.17) is 14.4 Å². The molecule has 2 aromatic heterocycles. The fourth-order valence-corrected chi connectivity index (χ4v) is 8.88. The number of para-hydroxylation sites is 2. The molecule has 0 fully saturated rings. The molecule has 0 saturated heterocycles. The number of fused-ring (bicyclic) bond motifs is 3. The molecule has 0 radical (unpaired) electrons. The molecule has 3 heteroatoms. The van der Waals surface area contributed by atoms with E-state index in [0.29, 0.717) is 0 Å². The summed E-state index contributed by atoms with van der Waals surface area (Å²) in [5, 5.41) is 2.26. The average molecular weight is 651 g/mol. The molecule has 0 atom stereocenters. The van der Waals surface area contributed by atoms with Crippen molar-refractivity contribution >= 4 is 21.9 Å². The van der Waals surface area contributed by atoms with E-state index < -0.39 is 5.41 Å². The van der Waals surface area contributed by atoms with Crippen LogP contribution in [0.4, 0.5) is 0 Å². The summed E-state index contributed by atoms with van der Waals surface area (Å²) in [5.41, 5.74) is 15.0. The van der Waals surface area contributed by atoms with E-state index in [9.17, 15) is 0 Å². The first kappa shape index (κ1) is 28.3. The van der Waals surface area contributed by atoms with Gasteiger partial charge in [0.25, 0.3) is 0 Å². The first-order valence-corrected chi connectivity index (χ1v) is 17.5. The molecule has 0 spiro atoms. The van der Waals surface area contributed by atoms with Crippen LogP contribution in [-0.2, 0) is 5.41 Å². The fourth-order valence-electron chi connectivity index (χ4n) is 8.88. The summed E-state index contributed by atoms with van der Waals surface area (Å²) in [7, 11) is 0. The summed E-state index contributed by atoms with van der Waals surface area (Å²) in [6.45, 7) is 0. The van der Waals surface area contributed by atoms with Crippen LogP contribution in [0.2, 0.25) is 0 Å². The van der Waals surface area contributed by atoms with Gasteiger partial charge < -0.3 is 4.42 Å². The third-order valence-electron chi connectivity index (χ3n) is 11.1. The predicted octanol–water partition coefficient (Wildman–Crippen LogP) is 11.6. The highest BCUT2D eigenvalue weighted by Gasteiger charge is 2.54. The van der Waals surface area contributed by atoms with Gasteiger partial charge in [-0.05, 0) is 51.1 Å². The zero-order valence-corrected chi connectivity index (χ0v) is 27.6. The standard InChI is InChI=1S/C48H30N2O/c1-2-13-31(14-3-1)42-29-43(32-27-25-30(26-28-32)33-19-12-20-35-34-15-7-11-24-44(34)51-46(33)35)50-47(49-42)48-39-21-8-4-16-36(39)45(37-17-5-9-22-40(37)48)38-18-6-10-23-41(38)48/h1-29,45H. The number of aromatic nitrogens is 2. The Kier molecular flexibility index (Phi) is 5.94. The topological polar surface area (TPSA) is 38.9 Å². The van der Waals surface area contributed by atoms with Crippen LogP contribution in [0.5, 0.6) is 0 Å². The van der Waals surface area contributed by atoms with E-state index in [2.05, 4.69) is 164 Å². The number of nitrogens with zero attached hydrogens (tertiary/aromatic N) is 2. The molecule has 0 N–H and O–H groups in total. The van der Waals surface area contributed by atoms with Gasteiger partial charge >= 0.3 is 0 Å². The van der Waals surface area contributed by atoms with Crippen molar-refractivity contribution in [1.82, 2.24) is 9.97 Å². The first-order chi connectivity index (χ1) is 25.3. The molecule has 51 heavy (non-hydrogen) atoms. The minimum atomic E-state index is -0.672. The third kappa shape index (κ3) is 3.94. The van der Waals surface area contributed by atoms with Crippen molar-refractivity contribution < 1.29 is 4.42 Å². The molecule has 238 valence electrons. The Hall–Kier alpha value is -6.58. The van der Waals surface area contributed by atoms with Gasteiger partial charge in [-0.2, -0.15) is 0 Å². The molecule has 3 nitrogen and oxygen atoms in total. The van der Waals surface area contributed by atoms with Gasteiger partial charge in [0.05, 0.1) is 11.4 Å². The van der Waals surface area contributed by atoms with E-state index in [1.165, 1.54) is 33.4 Å². The SMILES string of the molecule is c1ccc(-c2cc(-c3ccc(-c4cccc5c4oc4ccccc45)cc3)nc(C34c5ccccc5C(c5ccccc53)c3ccccc34)n2)cc1. The second-order valence-electron chi connectivity index (χ2n) is 13.6. The van der Waals surface area contributed by atoms with Gasteiger partial charge in [0.1, 0.15) is 22.4 Å². The zero-order chi connectivity index (χ0) is 33.5. The smallest absolute Gasteiger partial charge is 0.149 e. The van der Waals surface area contributed by atoms with Crippen molar-refractivity contribution in [2.24, 2.45) is 0 Å². The minimum absolute atomic E-state index is 0.177. The van der Waals surface area contributed by atoms with Crippen LogP contribution in [0.3, 0.4) is 0 Å². The number of hydrogen-bond acceptors (Lipinski definition) is 3. The lowest BCUT2D eigenvalue weighted by Gasteiger charge is -2.49. The van der Waals surface area contributed by atoms with Gasteiger partial charge in [-0.1, -0.05) is 164 Å². The summed E-state index contributed by atoms with van der Waals surface area (Å²) >= 11 is 0. The Morgan fingerprint density at radius 1 is 0.431 bits per heavy atom. The first-order valence-electron chi connectivity index (χ1n) is 17.5. The predicted molar refractivity (Wildman–Crippen MR) is 205 cm³/mol. The molecular formula is C48H30N2O. The van der Waals surface area contributed by atoms with Crippen LogP contribution < -0.4 is 0 Å². The molecule has 7 aromatic carbocycles. The quantitative estimate of drug-likeness (QED) is 0.190. The van der Waals surface area contributed by atoms with E-state index >= 15 is 0 Å². The van der Waals surface area contributed by atoms with Crippen molar-refractivity contribution in [2.45, 2.75) is 11.3 Å². The second-order valence-corrected chi connectivity index (χ2v) is 13.6. The Balaban J connectivity index is 1.14.